The van der Waals surface area contributed by atoms with Crippen LogP contribution in [0, 0.1) is 0 Å². The van der Waals surface area contributed by atoms with E-state index in [0.29, 0.717) is 34.3 Å². The second kappa shape index (κ2) is 11.1. The van der Waals surface area contributed by atoms with E-state index in [1.54, 1.807) is 48.7 Å². The Morgan fingerprint density at radius 2 is 2.09 bits per heavy atom. The molecule has 1 amide bonds. The number of unbranched alkanes of at least 4 members (excludes halogenated alkanes) is 4. The number of nitrogens with one attached hydrogen (secondary N) is 2. The van der Waals surface area contributed by atoms with Crippen molar-refractivity contribution in [3.8, 4) is 17.2 Å². The Labute approximate surface area is 192 Å². The number of carbonyl (C=O) groups is 1. The number of nitrogens with zero attached hydrogens (tertiary/aromatic N) is 3. The molecule has 1 unspecified atom stereocenters. The van der Waals surface area contributed by atoms with Gasteiger partial charge in [0.15, 0.2) is 23.4 Å². The Bertz CT molecular complexity index is 1070. The number of ether oxygens (including phenoxy) is 3. The number of fused-ring (bicyclic) bond motifs is 1. The van der Waals surface area contributed by atoms with Crippen molar-refractivity contribution in [3.05, 3.63) is 66.2 Å². The Hall–Kier alpha value is -3.88. The number of allylic oxidation sites excluding steroid dienone is 1. The average molecular weight is 450 g/mol. The largest absolute Gasteiger partial charge is 0.485 e. The maximum absolute atomic E-state index is 12.8. The number of para-hydroxylation sites is 1. The van der Waals surface area contributed by atoms with Gasteiger partial charge in [-0.05, 0) is 65.7 Å². The van der Waals surface area contributed by atoms with Crippen LogP contribution in [-0.2, 0) is 0 Å². The van der Waals surface area contributed by atoms with Crippen LogP contribution in [0.2, 0.25) is 0 Å². The zero-order valence-corrected chi connectivity index (χ0v) is 18.5. The van der Waals surface area contributed by atoms with Gasteiger partial charge in [-0.1, -0.05) is 32.3 Å². The fourth-order valence-corrected chi connectivity index (χ4v) is 3.39. The maximum Gasteiger partial charge on any atom is 0.255 e. The van der Waals surface area contributed by atoms with E-state index in [-0.39, 0.29) is 12.5 Å². The van der Waals surface area contributed by atoms with Crippen LogP contribution in [0.25, 0.3) is 0 Å². The van der Waals surface area contributed by atoms with Crippen LogP contribution in [0.15, 0.2) is 54.8 Å². The molecule has 4 rings (SSSR count). The van der Waals surface area contributed by atoms with Crippen molar-refractivity contribution < 1.29 is 19.0 Å². The van der Waals surface area contributed by atoms with Crippen LogP contribution in [0.3, 0.4) is 0 Å². The number of hydrogen-bond donors (Lipinski definition) is 2. The van der Waals surface area contributed by atoms with E-state index in [9.17, 15) is 4.79 Å². The molecule has 0 saturated heterocycles. The Kier molecular flexibility index (Phi) is 7.52. The first-order valence-electron chi connectivity index (χ1n) is 11.1. The summed E-state index contributed by atoms with van der Waals surface area (Å²) in [5.41, 5.74) is 0.997. The van der Waals surface area contributed by atoms with E-state index in [1.165, 1.54) is 25.7 Å². The molecule has 0 bridgehead atoms. The first kappa shape index (κ1) is 22.3. The number of amides is 1. The number of H-pyrrole nitrogens is 1. The van der Waals surface area contributed by atoms with Crippen LogP contribution in [-0.4, -0.2) is 33.1 Å². The van der Waals surface area contributed by atoms with Gasteiger partial charge in [-0.3, -0.25) is 4.79 Å². The molecule has 0 aliphatic carbocycles. The summed E-state index contributed by atoms with van der Waals surface area (Å²) in [6.45, 7) is 2.46. The molecule has 2 N–H and O–H groups in total. The zero-order chi connectivity index (χ0) is 22.9. The van der Waals surface area contributed by atoms with Gasteiger partial charge in [-0.25, -0.2) is 5.10 Å². The quantitative estimate of drug-likeness (QED) is 0.337. The van der Waals surface area contributed by atoms with Gasteiger partial charge in [0.05, 0.1) is 11.9 Å². The molecular weight excluding hydrogens is 422 g/mol. The predicted molar refractivity (Wildman–Crippen MR) is 122 cm³/mol. The van der Waals surface area contributed by atoms with E-state index < -0.39 is 6.10 Å². The summed E-state index contributed by atoms with van der Waals surface area (Å²) in [6, 6.07) is 12.3. The summed E-state index contributed by atoms with van der Waals surface area (Å²) in [7, 11) is 0. The van der Waals surface area contributed by atoms with Crippen molar-refractivity contribution in [3.63, 3.8) is 0 Å². The lowest BCUT2D eigenvalue weighted by molar-refractivity contribution is 0.0856. The monoisotopic (exact) mass is 449 g/mol. The standard InChI is InChI=1S/C24H27N5O4/c1-2-3-4-5-6-7-15-31-18-13-11-17(12-14-18)24(30)25-19-9-8-10-20-22(19)33-21(16-32-20)23-26-28-29-27-23/h7-15,21H,2-6,16H2,1H3,(H,25,30)(H,26,27,28,29). The summed E-state index contributed by atoms with van der Waals surface area (Å²) in [6.07, 6.45) is 9.14. The number of rotatable bonds is 10. The lowest BCUT2D eigenvalue weighted by atomic mass is 10.1. The minimum Gasteiger partial charge on any atom is -0.485 e. The number of benzene rings is 2. The van der Waals surface area contributed by atoms with E-state index in [2.05, 4.69) is 32.9 Å². The normalized spacial score (nSPS) is 14.9. The highest BCUT2D eigenvalue weighted by atomic mass is 16.6. The number of hydrogen-bond acceptors (Lipinski definition) is 7. The van der Waals surface area contributed by atoms with E-state index in [0.717, 1.165) is 6.42 Å². The molecule has 0 spiro atoms. The van der Waals surface area contributed by atoms with E-state index >= 15 is 0 Å². The lowest BCUT2D eigenvalue weighted by Crippen LogP contribution is -2.24. The van der Waals surface area contributed by atoms with Crippen molar-refractivity contribution >= 4 is 11.6 Å². The molecule has 0 radical (unpaired) electrons. The molecular formula is C24H27N5O4. The van der Waals surface area contributed by atoms with Gasteiger partial charge >= 0.3 is 0 Å². The fraction of sp³-hybridized carbons (Fsp3) is 0.333. The van der Waals surface area contributed by atoms with Crippen LogP contribution in [0.4, 0.5) is 5.69 Å². The Balaban J connectivity index is 1.35. The van der Waals surface area contributed by atoms with Gasteiger partial charge < -0.3 is 19.5 Å². The van der Waals surface area contributed by atoms with Gasteiger partial charge in [0.25, 0.3) is 5.91 Å². The second-order valence-corrected chi connectivity index (χ2v) is 7.65. The number of tetrazole rings is 1. The van der Waals surface area contributed by atoms with Crippen molar-refractivity contribution in [2.75, 3.05) is 11.9 Å². The molecule has 1 aliphatic rings. The SMILES string of the molecule is CCCCCCC=COc1ccc(C(=O)Nc2cccc3c2OC(c2nnn[nH]2)CO3)cc1. The highest BCUT2D eigenvalue weighted by molar-refractivity contribution is 6.05. The highest BCUT2D eigenvalue weighted by Crippen LogP contribution is 2.41. The molecule has 9 heteroatoms. The minimum atomic E-state index is -0.498. The molecule has 172 valence electrons. The predicted octanol–water partition coefficient (Wildman–Crippen LogP) is 4.83. The Morgan fingerprint density at radius 3 is 2.88 bits per heavy atom. The van der Waals surface area contributed by atoms with Gasteiger partial charge in [0, 0.05) is 5.56 Å². The van der Waals surface area contributed by atoms with Crippen LogP contribution < -0.4 is 19.5 Å². The minimum absolute atomic E-state index is 0.260. The van der Waals surface area contributed by atoms with Gasteiger partial charge in [-0.15, -0.1) is 5.10 Å². The third-order valence-corrected chi connectivity index (χ3v) is 5.19. The molecule has 1 atom stereocenters. The molecule has 9 nitrogen and oxygen atoms in total. The lowest BCUT2D eigenvalue weighted by Gasteiger charge is -2.26. The number of carbonyl (C=O) groups excluding carboxylic acids is 1. The first-order valence-corrected chi connectivity index (χ1v) is 11.1. The third kappa shape index (κ3) is 5.88. The fourth-order valence-electron chi connectivity index (χ4n) is 3.39. The topological polar surface area (TPSA) is 111 Å². The van der Waals surface area contributed by atoms with Crippen molar-refractivity contribution in [2.24, 2.45) is 0 Å². The third-order valence-electron chi connectivity index (χ3n) is 5.19. The number of aromatic nitrogens is 4. The maximum atomic E-state index is 12.8. The van der Waals surface area contributed by atoms with Gasteiger partial charge in [-0.2, -0.15) is 0 Å². The van der Waals surface area contributed by atoms with E-state index in [1.807, 2.05) is 6.08 Å². The molecule has 2 aromatic carbocycles. The molecule has 2 heterocycles. The molecule has 33 heavy (non-hydrogen) atoms. The smallest absolute Gasteiger partial charge is 0.255 e. The zero-order valence-electron chi connectivity index (χ0n) is 18.5. The van der Waals surface area contributed by atoms with Crippen LogP contribution in [0.5, 0.6) is 17.2 Å². The first-order chi connectivity index (χ1) is 16.2. The van der Waals surface area contributed by atoms with E-state index in [4.69, 9.17) is 14.2 Å². The molecule has 1 aliphatic heterocycles. The second-order valence-electron chi connectivity index (χ2n) is 7.65. The molecule has 1 aromatic heterocycles. The van der Waals surface area contributed by atoms with Gasteiger partial charge in [0.1, 0.15) is 12.4 Å². The molecule has 0 fully saturated rings. The molecule has 3 aromatic rings. The van der Waals surface area contributed by atoms with Gasteiger partial charge in [0.2, 0.25) is 0 Å². The summed E-state index contributed by atoms with van der Waals surface area (Å²) in [5.74, 6) is 1.83. The van der Waals surface area contributed by atoms with Crippen molar-refractivity contribution in [1.82, 2.24) is 20.6 Å². The van der Waals surface area contributed by atoms with Crippen molar-refractivity contribution in [1.29, 1.82) is 0 Å². The summed E-state index contributed by atoms with van der Waals surface area (Å²) in [4.78, 5) is 12.8. The summed E-state index contributed by atoms with van der Waals surface area (Å²) < 4.78 is 17.4. The Morgan fingerprint density at radius 1 is 1.21 bits per heavy atom. The highest BCUT2D eigenvalue weighted by Gasteiger charge is 2.28. The summed E-state index contributed by atoms with van der Waals surface area (Å²) >= 11 is 0. The number of aromatic amines is 1. The van der Waals surface area contributed by atoms with Crippen LogP contribution >= 0.6 is 0 Å². The number of anilines is 1. The van der Waals surface area contributed by atoms with Crippen LogP contribution in [0.1, 0.15) is 61.3 Å². The molecule has 0 saturated carbocycles. The summed E-state index contributed by atoms with van der Waals surface area (Å²) in [5, 5.41) is 16.6. The van der Waals surface area contributed by atoms with Crippen molar-refractivity contribution in [2.45, 2.75) is 45.1 Å². The average Bonchev–Trinajstić information content (AvgIpc) is 3.39.